The summed E-state index contributed by atoms with van der Waals surface area (Å²) in [6.45, 7) is 0.860. The van der Waals surface area contributed by atoms with Gasteiger partial charge in [-0.05, 0) is 31.2 Å². The number of esters is 2. The molecule has 0 radical (unpaired) electrons. The van der Waals surface area contributed by atoms with Crippen molar-refractivity contribution in [2.45, 2.75) is 37.6 Å². The highest BCUT2D eigenvalue weighted by molar-refractivity contribution is 7.52. The van der Waals surface area contributed by atoms with Crippen LogP contribution in [0.4, 0.5) is 0 Å². The summed E-state index contributed by atoms with van der Waals surface area (Å²) in [7, 11) is -3.03. The lowest BCUT2D eigenvalue weighted by atomic mass is 10.1. The summed E-state index contributed by atoms with van der Waals surface area (Å²) in [5.41, 5.74) is 0.120. The number of methoxy groups -OCH3 is 1. The molecule has 1 saturated heterocycles. The highest BCUT2D eigenvalue weighted by Crippen LogP contribution is 2.45. The number of nitrogens with one attached hydrogen (secondary N) is 1. The molecule has 1 aliphatic rings. The van der Waals surface area contributed by atoms with Crippen molar-refractivity contribution in [3.05, 3.63) is 60.4 Å². The number of para-hydroxylation sites is 1. The molecule has 3 N–H and O–H groups in total. The number of hydrogen-bond donors (Lipinski definition) is 3. The Morgan fingerprint density at radius 3 is 2.56 bits per heavy atom. The van der Waals surface area contributed by atoms with Crippen molar-refractivity contribution in [3.8, 4) is 5.75 Å². The van der Waals surface area contributed by atoms with Gasteiger partial charge in [-0.25, -0.2) is 9.36 Å². The quantitative estimate of drug-likeness (QED) is 0.317. The smallest absolute Gasteiger partial charge is 0.459 e. The number of carbonyl (C=O) groups excluding carboxylic acids is 2. The minimum Gasteiger partial charge on any atom is -0.468 e. The van der Waals surface area contributed by atoms with E-state index < -0.39 is 56.9 Å². The van der Waals surface area contributed by atoms with Crippen LogP contribution in [0.2, 0.25) is 0 Å². The van der Waals surface area contributed by atoms with E-state index in [1.807, 2.05) is 0 Å². The fourth-order valence-corrected chi connectivity index (χ4v) is 4.46. The Bertz CT molecular complexity index is 1010. The van der Waals surface area contributed by atoms with E-state index in [0.717, 1.165) is 0 Å². The molecule has 12 nitrogen and oxygen atoms in total. The predicted octanol–water partition coefficient (Wildman–Crippen LogP) is 1.04. The summed E-state index contributed by atoms with van der Waals surface area (Å²) in [6, 6.07) is 9.99. The van der Waals surface area contributed by atoms with Gasteiger partial charge >= 0.3 is 19.7 Å². The second kappa shape index (κ2) is 11.5. The van der Waals surface area contributed by atoms with E-state index in [2.05, 4.69) is 14.8 Å². The molecule has 1 fully saturated rings. The first kappa shape index (κ1) is 25.8. The van der Waals surface area contributed by atoms with Crippen molar-refractivity contribution in [1.29, 1.82) is 0 Å². The molecule has 6 atom stereocenters. The third kappa shape index (κ3) is 6.60. The lowest BCUT2D eigenvalue weighted by Gasteiger charge is -2.24. The first-order valence-electron chi connectivity index (χ1n) is 10.2. The molecule has 0 spiro atoms. The summed E-state index contributed by atoms with van der Waals surface area (Å²) >= 11 is 0. The van der Waals surface area contributed by atoms with Crippen molar-refractivity contribution in [2.75, 3.05) is 13.7 Å². The molecule has 1 aliphatic heterocycles. The van der Waals surface area contributed by atoms with Gasteiger partial charge < -0.3 is 28.9 Å². The summed E-state index contributed by atoms with van der Waals surface area (Å²) in [5.74, 6) is -1.35. The SMILES string of the molecule is COC(=O)[C@H](C)NP(=O)(OCC1OC(OC(=O)c2cccnc2)[C@H](O)[C@@H]1O)Oc1ccccc1. The Balaban J connectivity index is 1.66. The van der Waals surface area contributed by atoms with Gasteiger partial charge in [-0.3, -0.25) is 14.3 Å². The molecule has 3 unspecified atom stereocenters. The highest BCUT2D eigenvalue weighted by atomic mass is 31.2. The fourth-order valence-electron chi connectivity index (χ4n) is 2.95. The van der Waals surface area contributed by atoms with E-state index in [1.165, 1.54) is 50.7 Å². The van der Waals surface area contributed by atoms with Crippen molar-refractivity contribution < 1.29 is 47.6 Å². The molecule has 0 bridgehead atoms. The van der Waals surface area contributed by atoms with Gasteiger partial charge in [0.15, 0.2) is 0 Å². The Kier molecular flexibility index (Phi) is 8.72. The monoisotopic (exact) mass is 496 g/mol. The van der Waals surface area contributed by atoms with Crippen molar-refractivity contribution in [2.24, 2.45) is 0 Å². The summed E-state index contributed by atoms with van der Waals surface area (Å²) in [4.78, 5) is 27.8. The molecule has 0 saturated carbocycles. The van der Waals surface area contributed by atoms with Gasteiger partial charge in [-0.1, -0.05) is 18.2 Å². The molecule has 1 aromatic carbocycles. The van der Waals surface area contributed by atoms with E-state index in [-0.39, 0.29) is 11.3 Å². The molecular weight excluding hydrogens is 471 g/mol. The highest BCUT2D eigenvalue weighted by Gasteiger charge is 2.46. The Morgan fingerprint density at radius 2 is 1.91 bits per heavy atom. The van der Waals surface area contributed by atoms with E-state index in [4.69, 9.17) is 18.5 Å². The predicted molar refractivity (Wildman–Crippen MR) is 116 cm³/mol. The molecule has 13 heteroatoms. The van der Waals surface area contributed by atoms with Crippen LogP contribution in [0.3, 0.4) is 0 Å². The number of hydrogen-bond acceptors (Lipinski definition) is 11. The molecule has 2 heterocycles. The first-order valence-corrected chi connectivity index (χ1v) is 11.7. The topological polar surface area (TPSA) is 163 Å². The molecule has 3 rings (SSSR count). The number of aliphatic hydroxyl groups excluding tert-OH is 2. The Hall–Kier alpha value is -2.86. The number of aliphatic hydroxyl groups is 2. The minimum absolute atomic E-state index is 0.120. The first-order chi connectivity index (χ1) is 16.2. The third-order valence-electron chi connectivity index (χ3n) is 4.72. The zero-order chi connectivity index (χ0) is 24.7. The third-order valence-corrected chi connectivity index (χ3v) is 6.37. The van der Waals surface area contributed by atoms with Gasteiger partial charge in [0.25, 0.3) is 0 Å². The van der Waals surface area contributed by atoms with E-state index in [0.29, 0.717) is 0 Å². The van der Waals surface area contributed by atoms with Gasteiger partial charge in [0.2, 0.25) is 6.29 Å². The molecule has 184 valence electrons. The molecule has 0 amide bonds. The second-order valence-electron chi connectivity index (χ2n) is 7.24. The zero-order valence-electron chi connectivity index (χ0n) is 18.3. The van der Waals surface area contributed by atoms with Gasteiger partial charge in [-0.15, -0.1) is 0 Å². The van der Waals surface area contributed by atoms with Crippen LogP contribution in [-0.4, -0.2) is 71.5 Å². The molecule has 34 heavy (non-hydrogen) atoms. The average molecular weight is 496 g/mol. The minimum atomic E-state index is -4.20. The maximum atomic E-state index is 13.3. The number of carbonyl (C=O) groups is 2. The van der Waals surface area contributed by atoms with Crippen LogP contribution >= 0.6 is 7.75 Å². The molecule has 1 aromatic heterocycles. The second-order valence-corrected chi connectivity index (χ2v) is 8.94. The molecule has 2 aromatic rings. The van der Waals surface area contributed by atoms with Crippen LogP contribution in [0.1, 0.15) is 17.3 Å². The number of nitrogens with zero attached hydrogens (tertiary/aromatic N) is 1. The van der Waals surface area contributed by atoms with Crippen molar-refractivity contribution in [3.63, 3.8) is 0 Å². The van der Waals surface area contributed by atoms with Gasteiger partial charge in [0.05, 0.1) is 19.3 Å². The van der Waals surface area contributed by atoms with Crippen LogP contribution in [0.25, 0.3) is 0 Å². The van der Waals surface area contributed by atoms with Gasteiger partial charge in [0.1, 0.15) is 30.1 Å². The maximum absolute atomic E-state index is 13.3. The number of ether oxygens (including phenoxy) is 3. The number of benzene rings is 1. The van der Waals surface area contributed by atoms with Crippen molar-refractivity contribution in [1.82, 2.24) is 10.1 Å². The number of aromatic nitrogens is 1. The van der Waals surface area contributed by atoms with Crippen molar-refractivity contribution >= 4 is 19.7 Å². The Labute approximate surface area is 195 Å². The maximum Gasteiger partial charge on any atom is 0.459 e. The largest absolute Gasteiger partial charge is 0.468 e. The summed E-state index contributed by atoms with van der Waals surface area (Å²) < 4.78 is 39.4. The van der Waals surface area contributed by atoms with Gasteiger partial charge in [-0.2, -0.15) is 5.09 Å². The molecule has 0 aliphatic carbocycles. The van der Waals surface area contributed by atoms with Crippen LogP contribution < -0.4 is 9.61 Å². The lowest BCUT2D eigenvalue weighted by molar-refractivity contribution is -0.142. The van der Waals surface area contributed by atoms with Crippen LogP contribution in [0.15, 0.2) is 54.9 Å². The normalized spacial score (nSPS) is 24.6. The van der Waals surface area contributed by atoms with E-state index >= 15 is 0 Å². The zero-order valence-corrected chi connectivity index (χ0v) is 19.2. The van der Waals surface area contributed by atoms with Crippen LogP contribution in [0.5, 0.6) is 5.75 Å². The number of rotatable bonds is 10. The van der Waals surface area contributed by atoms with E-state index in [1.54, 1.807) is 18.2 Å². The Morgan fingerprint density at radius 1 is 1.18 bits per heavy atom. The molecular formula is C21H25N2O10P. The standard InChI is InChI=1S/C21H25N2O10P/c1-13(19(26)29-2)23-34(28,33-15-8-4-3-5-9-15)30-12-16-17(24)18(25)21(31-16)32-20(27)14-7-6-10-22-11-14/h3-11,13,16-18,21,24-25H,12H2,1-2H3,(H,23,28)/t13-,16?,17+,18+,21?,34?/m0/s1. The summed E-state index contributed by atoms with van der Waals surface area (Å²) in [5, 5.41) is 23.0. The lowest BCUT2D eigenvalue weighted by Crippen LogP contribution is -2.37. The number of pyridine rings is 1. The van der Waals surface area contributed by atoms with E-state index in [9.17, 15) is 24.4 Å². The van der Waals surface area contributed by atoms with Crippen LogP contribution in [-0.2, 0) is 28.1 Å². The van der Waals surface area contributed by atoms with Crippen LogP contribution in [0, 0.1) is 0 Å². The summed E-state index contributed by atoms with van der Waals surface area (Å²) in [6.07, 6.45) is -3.12. The average Bonchev–Trinajstić information content (AvgIpc) is 3.11. The van der Waals surface area contributed by atoms with Gasteiger partial charge in [0, 0.05) is 12.4 Å². The fraction of sp³-hybridized carbons (Fsp3) is 0.381.